The van der Waals surface area contributed by atoms with Crippen LogP contribution in [0.5, 0.6) is 0 Å². The molecule has 4 nitrogen and oxygen atoms in total. The third-order valence-corrected chi connectivity index (χ3v) is 1.23. The average molecular weight is 192 g/mol. The summed E-state index contributed by atoms with van der Waals surface area (Å²) in [7, 11) is 5.22. The molecule has 1 aliphatic heterocycles. The monoisotopic (exact) mass is 192 g/mol. The van der Waals surface area contributed by atoms with E-state index < -0.39 is 0 Å². The van der Waals surface area contributed by atoms with E-state index in [-0.39, 0.29) is 0 Å². The Morgan fingerprint density at radius 3 is 1.62 bits per heavy atom. The van der Waals surface area contributed by atoms with E-state index in [1.54, 1.807) is 14.1 Å². The Morgan fingerprint density at radius 1 is 1.15 bits per heavy atom. The number of ether oxygens (including phenoxy) is 1. The first kappa shape index (κ1) is 15.3. The average Bonchev–Trinajstić information content (AvgIpc) is 2.08. The molecule has 1 fully saturated rings. The fourth-order valence-corrected chi connectivity index (χ4v) is 0.655. The smallest absolute Gasteiger partial charge is 0.0594 e. The van der Waals surface area contributed by atoms with Gasteiger partial charge in [-0.15, -0.1) is 0 Å². The van der Waals surface area contributed by atoms with Gasteiger partial charge in [-0.25, -0.2) is 0 Å². The zero-order chi connectivity index (χ0) is 10.7. The number of hydrogen-bond donors (Lipinski definition) is 1. The summed E-state index contributed by atoms with van der Waals surface area (Å²) in [5, 5.41) is 8.89. The van der Waals surface area contributed by atoms with Crippen molar-refractivity contribution in [2.75, 3.05) is 47.4 Å². The largest absolute Gasteiger partial charge is 0.379 e. The molecule has 0 aromatic heterocycles. The second-order valence-corrected chi connectivity index (χ2v) is 2.76. The van der Waals surface area contributed by atoms with Crippen molar-refractivity contribution in [1.82, 2.24) is 9.96 Å². The van der Waals surface area contributed by atoms with Crippen LogP contribution in [0.15, 0.2) is 0 Å². The standard InChI is InChI=1S/C5H11NO.C2H7NO.C2H6/c1-6-2-4-7-5-3-6;1-3(2)4;1-2/h2-5H2,1H3;4H,1-2H3;1-2H3. The Kier molecular flexibility index (Phi) is 14.0. The van der Waals surface area contributed by atoms with Crippen molar-refractivity contribution in [3.8, 4) is 0 Å². The second-order valence-electron chi connectivity index (χ2n) is 2.76. The van der Waals surface area contributed by atoms with E-state index in [0.29, 0.717) is 0 Å². The minimum atomic E-state index is 0.913. The molecule has 1 heterocycles. The number of likely N-dealkylation sites (N-methyl/N-ethyl adjacent to an activating group) is 1. The lowest BCUT2D eigenvalue weighted by Gasteiger charge is -2.21. The van der Waals surface area contributed by atoms with Gasteiger partial charge in [0.15, 0.2) is 0 Å². The number of morpholine rings is 1. The maximum absolute atomic E-state index is 7.89. The fraction of sp³-hybridized carbons (Fsp3) is 1.00. The molecule has 82 valence electrons. The molecule has 13 heavy (non-hydrogen) atoms. The molecule has 0 amide bonds. The van der Waals surface area contributed by atoms with Gasteiger partial charge < -0.3 is 14.8 Å². The van der Waals surface area contributed by atoms with Crippen molar-refractivity contribution in [1.29, 1.82) is 0 Å². The number of hydroxylamine groups is 2. The minimum Gasteiger partial charge on any atom is -0.379 e. The van der Waals surface area contributed by atoms with E-state index in [1.807, 2.05) is 13.8 Å². The Bertz CT molecular complexity index is 80.9. The first-order chi connectivity index (χ1) is 6.13. The molecule has 4 heteroatoms. The van der Waals surface area contributed by atoms with Gasteiger partial charge in [-0.05, 0) is 7.05 Å². The van der Waals surface area contributed by atoms with Crippen LogP contribution < -0.4 is 0 Å². The molecule has 0 radical (unpaired) electrons. The maximum Gasteiger partial charge on any atom is 0.0594 e. The lowest BCUT2D eigenvalue weighted by molar-refractivity contribution is -0.0372. The van der Waals surface area contributed by atoms with Crippen LogP contribution in [0.25, 0.3) is 0 Å². The molecule has 1 aliphatic rings. The summed E-state index contributed by atoms with van der Waals surface area (Å²) in [6.07, 6.45) is 0. The van der Waals surface area contributed by atoms with Crippen LogP contribution in [0.3, 0.4) is 0 Å². The maximum atomic E-state index is 7.89. The van der Waals surface area contributed by atoms with Gasteiger partial charge in [0, 0.05) is 27.2 Å². The SMILES string of the molecule is CC.CN(C)O.CN1CCOCC1. The lowest BCUT2D eigenvalue weighted by atomic mass is 10.5. The zero-order valence-corrected chi connectivity index (χ0v) is 9.58. The van der Waals surface area contributed by atoms with Gasteiger partial charge >= 0.3 is 0 Å². The summed E-state index contributed by atoms with van der Waals surface area (Å²) in [5.41, 5.74) is 0. The van der Waals surface area contributed by atoms with Crippen LogP contribution >= 0.6 is 0 Å². The molecule has 0 aliphatic carbocycles. The highest BCUT2D eigenvalue weighted by atomic mass is 16.5. The molecular formula is C9H24N2O2. The topological polar surface area (TPSA) is 35.9 Å². The summed E-state index contributed by atoms with van der Waals surface area (Å²) in [4.78, 5) is 2.27. The first-order valence-corrected chi connectivity index (χ1v) is 4.75. The van der Waals surface area contributed by atoms with Gasteiger partial charge in [0.1, 0.15) is 0 Å². The predicted molar refractivity (Wildman–Crippen MR) is 55.1 cm³/mol. The normalized spacial score (nSPS) is 16.8. The van der Waals surface area contributed by atoms with E-state index >= 15 is 0 Å². The van der Waals surface area contributed by atoms with E-state index in [4.69, 9.17) is 9.94 Å². The Balaban J connectivity index is 0. The molecule has 1 rings (SSSR count). The van der Waals surface area contributed by atoms with Gasteiger partial charge in [0.05, 0.1) is 13.2 Å². The molecule has 0 unspecified atom stereocenters. The molecule has 1 N–H and O–H groups in total. The Morgan fingerprint density at radius 2 is 1.46 bits per heavy atom. The van der Waals surface area contributed by atoms with Crippen LogP contribution in [0.2, 0.25) is 0 Å². The number of rotatable bonds is 0. The predicted octanol–water partition coefficient (Wildman–Crippen LogP) is 0.912. The van der Waals surface area contributed by atoms with Gasteiger partial charge in [0.25, 0.3) is 0 Å². The molecule has 0 aromatic rings. The second kappa shape index (κ2) is 11.8. The Labute approximate surface area is 82.0 Å². The van der Waals surface area contributed by atoms with Crippen molar-refractivity contribution in [2.45, 2.75) is 13.8 Å². The fourth-order valence-electron chi connectivity index (χ4n) is 0.655. The van der Waals surface area contributed by atoms with Crippen LogP contribution in [0.1, 0.15) is 13.8 Å². The summed E-state index contributed by atoms with van der Waals surface area (Å²) < 4.78 is 5.10. The van der Waals surface area contributed by atoms with Gasteiger partial charge in [0.2, 0.25) is 0 Å². The summed E-state index contributed by atoms with van der Waals surface area (Å²) in [6.45, 7) is 8.02. The lowest BCUT2D eigenvalue weighted by Crippen LogP contribution is -2.32. The highest BCUT2D eigenvalue weighted by molar-refractivity contribution is 4.53. The first-order valence-electron chi connectivity index (χ1n) is 4.75. The Hall–Kier alpha value is -0.160. The number of hydrogen-bond acceptors (Lipinski definition) is 4. The molecule has 0 aromatic carbocycles. The van der Waals surface area contributed by atoms with Gasteiger partial charge in [-0.1, -0.05) is 13.8 Å². The quantitative estimate of drug-likeness (QED) is 0.579. The van der Waals surface area contributed by atoms with Crippen LogP contribution in [0.4, 0.5) is 0 Å². The molecule has 0 bridgehead atoms. The summed E-state index contributed by atoms with van der Waals surface area (Å²) >= 11 is 0. The minimum absolute atomic E-state index is 0.913. The highest BCUT2D eigenvalue weighted by Gasteiger charge is 2.02. The summed E-state index contributed by atoms with van der Waals surface area (Å²) in [6, 6.07) is 0. The number of nitrogens with zero attached hydrogens (tertiary/aromatic N) is 2. The van der Waals surface area contributed by atoms with E-state index in [1.165, 1.54) is 0 Å². The molecule has 0 atom stereocenters. The van der Waals surface area contributed by atoms with Crippen molar-refractivity contribution < 1.29 is 9.94 Å². The highest BCUT2D eigenvalue weighted by Crippen LogP contribution is 1.89. The van der Waals surface area contributed by atoms with E-state index in [9.17, 15) is 0 Å². The van der Waals surface area contributed by atoms with E-state index in [0.717, 1.165) is 31.4 Å². The molecule has 1 saturated heterocycles. The zero-order valence-electron chi connectivity index (χ0n) is 9.58. The van der Waals surface area contributed by atoms with Crippen molar-refractivity contribution in [3.63, 3.8) is 0 Å². The van der Waals surface area contributed by atoms with E-state index in [2.05, 4.69) is 11.9 Å². The van der Waals surface area contributed by atoms with Crippen molar-refractivity contribution in [3.05, 3.63) is 0 Å². The van der Waals surface area contributed by atoms with Gasteiger partial charge in [-0.3, -0.25) is 0 Å². The van der Waals surface area contributed by atoms with Crippen LogP contribution in [-0.2, 0) is 4.74 Å². The summed E-state index contributed by atoms with van der Waals surface area (Å²) in [5.74, 6) is 0. The molecular weight excluding hydrogens is 168 g/mol. The van der Waals surface area contributed by atoms with Crippen LogP contribution in [-0.4, -0.2) is 62.6 Å². The van der Waals surface area contributed by atoms with Gasteiger partial charge in [-0.2, -0.15) is 5.06 Å². The third-order valence-electron chi connectivity index (χ3n) is 1.23. The third kappa shape index (κ3) is 18.7. The van der Waals surface area contributed by atoms with Crippen molar-refractivity contribution >= 4 is 0 Å². The van der Waals surface area contributed by atoms with Crippen molar-refractivity contribution in [2.24, 2.45) is 0 Å². The molecule has 0 spiro atoms. The van der Waals surface area contributed by atoms with Crippen LogP contribution in [0, 0.1) is 0 Å². The molecule has 0 saturated carbocycles.